The van der Waals surface area contributed by atoms with Gasteiger partial charge in [-0.3, -0.25) is 15.0 Å². The van der Waals surface area contributed by atoms with E-state index in [0.717, 1.165) is 24.9 Å². The summed E-state index contributed by atoms with van der Waals surface area (Å²) in [5.74, 6) is 0. The Balaban J connectivity index is 2.06. The van der Waals surface area contributed by atoms with Gasteiger partial charge in [-0.25, -0.2) is 5.01 Å². The summed E-state index contributed by atoms with van der Waals surface area (Å²) in [5, 5.41) is 24.2. The maximum absolute atomic E-state index is 11.1. The maximum Gasteiger partial charge on any atom is 0.269 e. The van der Waals surface area contributed by atoms with E-state index in [1.165, 1.54) is 17.1 Å². The van der Waals surface area contributed by atoms with Crippen LogP contribution in [0.25, 0.3) is 0 Å². The molecule has 1 fully saturated rings. The Labute approximate surface area is 128 Å². The number of nitro benzene ring substituents is 1. The second-order valence-corrected chi connectivity index (χ2v) is 5.26. The molecule has 1 heterocycles. The highest BCUT2D eigenvalue weighted by Crippen LogP contribution is 2.23. The van der Waals surface area contributed by atoms with E-state index in [1.54, 1.807) is 12.1 Å². The molecule has 2 unspecified atom stereocenters. The van der Waals surface area contributed by atoms with Crippen LogP contribution in [0.15, 0.2) is 29.6 Å². The highest BCUT2D eigenvalue weighted by Gasteiger charge is 2.31. The molecule has 0 N–H and O–H groups in total. The van der Waals surface area contributed by atoms with Crippen molar-refractivity contribution < 1.29 is 4.92 Å². The van der Waals surface area contributed by atoms with Crippen molar-refractivity contribution in [2.75, 3.05) is 6.54 Å². The van der Waals surface area contributed by atoms with Crippen LogP contribution in [-0.2, 0) is 6.54 Å². The van der Waals surface area contributed by atoms with Gasteiger partial charge in [0.1, 0.15) is 6.17 Å². The summed E-state index contributed by atoms with van der Waals surface area (Å²) < 4.78 is 0. The summed E-state index contributed by atoms with van der Waals surface area (Å²) in [6, 6.07) is 8.05. The molecule has 0 amide bonds. The smallest absolute Gasteiger partial charge is 0.266 e. The molecule has 2 rings (SSSR count). The van der Waals surface area contributed by atoms with E-state index in [9.17, 15) is 15.0 Å². The van der Waals surface area contributed by atoms with Crippen molar-refractivity contribution >= 4 is 5.69 Å². The third-order valence-corrected chi connectivity index (χ3v) is 3.95. The molecule has 116 valence electrons. The summed E-state index contributed by atoms with van der Waals surface area (Å²) in [6.45, 7) is 2.84. The lowest BCUT2D eigenvalue weighted by atomic mass is 10.2. The molecule has 0 aliphatic carbocycles. The molecular formula is C14H17N5O3. The van der Waals surface area contributed by atoms with Gasteiger partial charge in [0.2, 0.25) is 0 Å². The lowest BCUT2D eigenvalue weighted by Crippen LogP contribution is -2.45. The van der Waals surface area contributed by atoms with Gasteiger partial charge in [0.05, 0.1) is 28.9 Å². The number of nitroso groups, excluding NO2 is 1. The van der Waals surface area contributed by atoms with Crippen LogP contribution in [-0.4, -0.2) is 33.6 Å². The molecule has 22 heavy (non-hydrogen) atoms. The summed E-state index contributed by atoms with van der Waals surface area (Å²) in [7, 11) is 0. The highest BCUT2D eigenvalue weighted by atomic mass is 16.6. The van der Waals surface area contributed by atoms with Crippen LogP contribution < -0.4 is 0 Å². The van der Waals surface area contributed by atoms with E-state index in [2.05, 4.69) is 11.4 Å². The van der Waals surface area contributed by atoms with E-state index >= 15 is 0 Å². The zero-order valence-corrected chi connectivity index (χ0v) is 12.3. The first-order valence-corrected chi connectivity index (χ1v) is 7.05. The summed E-state index contributed by atoms with van der Waals surface area (Å²) >= 11 is 0. The molecule has 0 radical (unpaired) electrons. The van der Waals surface area contributed by atoms with E-state index in [-0.39, 0.29) is 24.4 Å². The molecule has 8 heteroatoms. The standard InChI is InChI=1S/C14H17N5O3/c1-11(17-8-2-3-14(17)9-15)18(16-20)10-12-4-6-13(7-5-12)19(21)22/h4-7,11,14H,2-3,8,10H2,1H3. The zero-order valence-electron chi connectivity index (χ0n) is 12.3. The normalized spacial score (nSPS) is 19.4. The Morgan fingerprint density at radius 2 is 2.23 bits per heavy atom. The van der Waals surface area contributed by atoms with E-state index in [1.807, 2.05) is 11.8 Å². The molecule has 0 aromatic heterocycles. The van der Waals surface area contributed by atoms with Gasteiger partial charge in [0.15, 0.2) is 0 Å². The Hall–Kier alpha value is -2.53. The van der Waals surface area contributed by atoms with Gasteiger partial charge in [-0.2, -0.15) is 5.26 Å². The molecular weight excluding hydrogens is 286 g/mol. The lowest BCUT2D eigenvalue weighted by molar-refractivity contribution is -0.384. The average molecular weight is 303 g/mol. The minimum Gasteiger partial charge on any atom is -0.266 e. The predicted molar refractivity (Wildman–Crippen MR) is 79.2 cm³/mol. The van der Waals surface area contributed by atoms with Crippen LogP contribution in [0, 0.1) is 26.4 Å². The Kier molecular flexibility index (Phi) is 5.01. The van der Waals surface area contributed by atoms with Crippen molar-refractivity contribution in [2.24, 2.45) is 5.29 Å². The molecule has 0 spiro atoms. The highest BCUT2D eigenvalue weighted by molar-refractivity contribution is 5.32. The Morgan fingerprint density at radius 1 is 1.55 bits per heavy atom. The van der Waals surface area contributed by atoms with Crippen molar-refractivity contribution in [3.8, 4) is 6.07 Å². The molecule has 1 aromatic carbocycles. The van der Waals surface area contributed by atoms with Crippen LogP contribution in [0.2, 0.25) is 0 Å². The molecule has 0 saturated carbocycles. The fraction of sp³-hybridized carbons (Fsp3) is 0.500. The number of hydrogen-bond donors (Lipinski definition) is 0. The van der Waals surface area contributed by atoms with Crippen LogP contribution >= 0.6 is 0 Å². The Morgan fingerprint density at radius 3 is 2.77 bits per heavy atom. The Bertz CT molecular complexity index is 583. The molecule has 0 bridgehead atoms. The molecule has 8 nitrogen and oxygen atoms in total. The van der Waals surface area contributed by atoms with E-state index < -0.39 is 4.92 Å². The van der Waals surface area contributed by atoms with Gasteiger partial charge in [-0.15, -0.1) is 4.91 Å². The second-order valence-electron chi connectivity index (χ2n) is 5.26. The number of rotatable bonds is 6. The van der Waals surface area contributed by atoms with Crippen molar-refractivity contribution in [2.45, 2.75) is 38.5 Å². The first-order valence-electron chi connectivity index (χ1n) is 7.05. The summed E-state index contributed by atoms with van der Waals surface area (Å²) in [6.07, 6.45) is 1.43. The number of benzene rings is 1. The van der Waals surface area contributed by atoms with Crippen molar-refractivity contribution in [3.05, 3.63) is 44.9 Å². The van der Waals surface area contributed by atoms with Crippen LogP contribution in [0.5, 0.6) is 0 Å². The minimum absolute atomic E-state index is 0.00602. The maximum atomic E-state index is 11.1. The third kappa shape index (κ3) is 3.38. The molecule has 2 atom stereocenters. The van der Waals surface area contributed by atoms with Gasteiger partial charge < -0.3 is 0 Å². The number of nitro groups is 1. The number of likely N-dealkylation sites (tertiary alicyclic amines) is 1. The largest absolute Gasteiger partial charge is 0.269 e. The van der Waals surface area contributed by atoms with Crippen molar-refractivity contribution in [1.82, 2.24) is 9.91 Å². The first-order chi connectivity index (χ1) is 10.6. The number of hydrogen-bond acceptors (Lipinski definition) is 6. The van der Waals surface area contributed by atoms with Crippen molar-refractivity contribution in [3.63, 3.8) is 0 Å². The van der Waals surface area contributed by atoms with Gasteiger partial charge in [0, 0.05) is 18.7 Å². The van der Waals surface area contributed by atoms with Crippen LogP contribution in [0.4, 0.5) is 5.69 Å². The van der Waals surface area contributed by atoms with E-state index in [4.69, 9.17) is 5.26 Å². The first kappa shape index (κ1) is 15.9. The predicted octanol–water partition coefficient (Wildman–Crippen LogP) is 2.41. The van der Waals surface area contributed by atoms with Gasteiger partial charge >= 0.3 is 0 Å². The monoisotopic (exact) mass is 303 g/mol. The fourth-order valence-corrected chi connectivity index (χ4v) is 2.69. The van der Waals surface area contributed by atoms with Gasteiger partial charge in [-0.05, 0) is 25.3 Å². The third-order valence-electron chi connectivity index (χ3n) is 3.95. The van der Waals surface area contributed by atoms with Gasteiger partial charge in [0.25, 0.3) is 5.69 Å². The SMILES string of the molecule is CC(N(Cc1ccc([N+](=O)[O-])cc1)N=O)N1CCCC1C#N. The number of non-ortho nitro benzene ring substituents is 1. The topological polar surface area (TPSA) is 103 Å². The lowest BCUT2D eigenvalue weighted by Gasteiger charge is -2.32. The number of nitrogens with zero attached hydrogens (tertiary/aromatic N) is 5. The van der Waals surface area contributed by atoms with Crippen molar-refractivity contribution in [1.29, 1.82) is 5.26 Å². The quantitative estimate of drug-likeness (QED) is 0.454. The minimum atomic E-state index is -0.468. The average Bonchev–Trinajstić information content (AvgIpc) is 3.01. The van der Waals surface area contributed by atoms with Crippen LogP contribution in [0.3, 0.4) is 0 Å². The summed E-state index contributed by atoms with van der Waals surface area (Å²) in [5.41, 5.74) is 0.760. The zero-order chi connectivity index (χ0) is 16.1. The number of nitriles is 1. The van der Waals surface area contributed by atoms with Crippen LogP contribution in [0.1, 0.15) is 25.3 Å². The van der Waals surface area contributed by atoms with E-state index in [0.29, 0.717) is 0 Å². The second kappa shape index (κ2) is 6.95. The molecule has 1 aromatic rings. The molecule has 1 aliphatic heterocycles. The van der Waals surface area contributed by atoms with Gasteiger partial charge in [-0.1, -0.05) is 12.1 Å². The molecule has 1 saturated heterocycles. The summed E-state index contributed by atoms with van der Waals surface area (Å²) in [4.78, 5) is 23.2. The fourth-order valence-electron chi connectivity index (χ4n) is 2.69. The molecule has 1 aliphatic rings.